The number of carbonyl (C=O) groups is 1. The van der Waals surface area contributed by atoms with E-state index in [1.165, 1.54) is 31.5 Å². The van der Waals surface area contributed by atoms with E-state index >= 15 is 0 Å². The Balaban J connectivity index is 1.70. The summed E-state index contributed by atoms with van der Waals surface area (Å²) in [7, 11) is 1.49. The highest BCUT2D eigenvalue weighted by Crippen LogP contribution is 2.27. The van der Waals surface area contributed by atoms with E-state index in [0.717, 1.165) is 5.06 Å². The van der Waals surface area contributed by atoms with Crippen LogP contribution in [0.25, 0.3) is 0 Å². The molecule has 2 aromatic rings. The van der Waals surface area contributed by atoms with Crippen molar-refractivity contribution in [1.29, 1.82) is 0 Å². The molecule has 1 aliphatic heterocycles. The van der Waals surface area contributed by atoms with Crippen LogP contribution in [-0.2, 0) is 4.94 Å². The Morgan fingerprint density at radius 2 is 2.04 bits per heavy atom. The average molecular weight is 425 g/mol. The maximum Gasteiger partial charge on any atom is 0.325 e. The number of carbonyl (C=O) groups excluding carboxylic acids is 1. The molecule has 0 fully saturated rings. The van der Waals surface area contributed by atoms with Crippen LogP contribution in [0.5, 0.6) is 5.75 Å². The standard InChI is InChI=1S/C16H14BrFN4O4/c1-25-14-5-3-2-4-13(14)19-16(23)20-15-9-21(26-22(15)24)10-6-7-12(18)11(17)8-10/h2-9,24H,1H3,(H2,19,20,23). The van der Waals surface area contributed by atoms with Crippen LogP contribution in [0.1, 0.15) is 0 Å². The highest BCUT2D eigenvalue weighted by molar-refractivity contribution is 9.10. The van der Waals surface area contributed by atoms with E-state index in [4.69, 9.17) is 9.68 Å². The largest absolute Gasteiger partial charge is 0.495 e. The van der Waals surface area contributed by atoms with Crippen molar-refractivity contribution < 1.29 is 24.1 Å². The monoisotopic (exact) mass is 424 g/mol. The number of methoxy groups -OCH3 is 1. The first-order valence-corrected chi connectivity index (χ1v) is 8.11. The van der Waals surface area contributed by atoms with Crippen LogP contribution in [0.4, 0.5) is 20.6 Å². The summed E-state index contributed by atoms with van der Waals surface area (Å²) in [5.41, 5.74) is 0.884. The fourth-order valence-electron chi connectivity index (χ4n) is 2.15. The zero-order chi connectivity index (χ0) is 18.7. The molecule has 0 aliphatic carbocycles. The molecule has 2 amide bonds. The third kappa shape index (κ3) is 3.87. The second-order valence-corrected chi connectivity index (χ2v) is 5.93. The van der Waals surface area contributed by atoms with E-state index in [1.54, 1.807) is 24.3 Å². The normalized spacial score (nSPS) is 13.5. The van der Waals surface area contributed by atoms with E-state index < -0.39 is 11.8 Å². The maximum atomic E-state index is 13.3. The van der Waals surface area contributed by atoms with Gasteiger partial charge in [-0.2, -0.15) is 5.06 Å². The molecule has 2 aromatic carbocycles. The van der Waals surface area contributed by atoms with Crippen LogP contribution < -0.4 is 20.4 Å². The van der Waals surface area contributed by atoms with Gasteiger partial charge in [0, 0.05) is 0 Å². The number of rotatable bonds is 4. The molecule has 3 rings (SSSR count). The molecule has 136 valence electrons. The number of hydrogen-bond donors (Lipinski definition) is 3. The lowest BCUT2D eigenvalue weighted by molar-refractivity contribution is -0.305. The van der Waals surface area contributed by atoms with Crippen molar-refractivity contribution in [2.24, 2.45) is 0 Å². The van der Waals surface area contributed by atoms with Crippen LogP contribution in [0.2, 0.25) is 0 Å². The highest BCUT2D eigenvalue weighted by Gasteiger charge is 2.25. The summed E-state index contributed by atoms with van der Waals surface area (Å²) in [6, 6.07) is 10.4. The number of ether oxygens (including phenoxy) is 1. The molecule has 1 aliphatic rings. The van der Waals surface area contributed by atoms with Gasteiger partial charge in [-0.3, -0.25) is 10.5 Å². The Hall–Kier alpha value is -2.82. The number of hydrogen-bond acceptors (Lipinski definition) is 6. The summed E-state index contributed by atoms with van der Waals surface area (Å²) in [5.74, 6) is 0.00288. The number of amides is 2. The van der Waals surface area contributed by atoms with Gasteiger partial charge >= 0.3 is 6.03 Å². The molecule has 8 nitrogen and oxygen atoms in total. The molecule has 0 saturated carbocycles. The Labute approximate surface area is 156 Å². The lowest BCUT2D eigenvalue weighted by Crippen LogP contribution is -2.34. The van der Waals surface area contributed by atoms with E-state index in [0.29, 0.717) is 22.4 Å². The third-order valence-electron chi connectivity index (χ3n) is 3.37. The Bertz CT molecular complexity index is 864. The van der Waals surface area contributed by atoms with E-state index in [-0.39, 0.29) is 10.3 Å². The molecular weight excluding hydrogens is 411 g/mol. The summed E-state index contributed by atoms with van der Waals surface area (Å²) in [5, 5.41) is 16.4. The van der Waals surface area contributed by atoms with Crippen molar-refractivity contribution in [3.63, 3.8) is 0 Å². The summed E-state index contributed by atoms with van der Waals surface area (Å²) in [6.07, 6.45) is 1.32. The Morgan fingerprint density at radius 1 is 1.27 bits per heavy atom. The molecule has 1 heterocycles. The number of benzene rings is 2. The quantitative estimate of drug-likeness (QED) is 0.695. The molecular formula is C16H14BrFN4O4. The smallest absolute Gasteiger partial charge is 0.325 e. The van der Waals surface area contributed by atoms with Gasteiger partial charge in [0.1, 0.15) is 11.6 Å². The highest BCUT2D eigenvalue weighted by atomic mass is 79.9. The topological polar surface area (TPSA) is 86.3 Å². The number of hydroxylamine groups is 3. The zero-order valence-corrected chi connectivity index (χ0v) is 15.0. The van der Waals surface area contributed by atoms with Gasteiger partial charge in [-0.1, -0.05) is 17.4 Å². The molecule has 0 radical (unpaired) electrons. The molecule has 0 unspecified atom stereocenters. The minimum Gasteiger partial charge on any atom is -0.495 e. The van der Waals surface area contributed by atoms with Crippen LogP contribution >= 0.6 is 15.9 Å². The number of para-hydroxylation sites is 2. The van der Waals surface area contributed by atoms with Gasteiger partial charge in [0.15, 0.2) is 5.82 Å². The van der Waals surface area contributed by atoms with Crippen molar-refractivity contribution in [3.8, 4) is 5.75 Å². The molecule has 3 N–H and O–H groups in total. The zero-order valence-electron chi connectivity index (χ0n) is 13.4. The van der Waals surface area contributed by atoms with E-state index in [2.05, 4.69) is 26.6 Å². The molecule has 0 atom stereocenters. The van der Waals surface area contributed by atoms with Gasteiger partial charge in [0.25, 0.3) is 0 Å². The second kappa shape index (κ2) is 7.60. The Morgan fingerprint density at radius 3 is 2.77 bits per heavy atom. The molecule has 0 spiro atoms. The predicted octanol–water partition coefficient (Wildman–Crippen LogP) is 3.58. The van der Waals surface area contributed by atoms with Crippen LogP contribution in [0, 0.1) is 5.82 Å². The third-order valence-corrected chi connectivity index (χ3v) is 3.97. The van der Waals surface area contributed by atoms with Gasteiger partial charge in [-0.25, -0.2) is 9.18 Å². The summed E-state index contributed by atoms with van der Waals surface area (Å²) >= 11 is 3.07. The second-order valence-electron chi connectivity index (χ2n) is 5.07. The number of urea groups is 1. The summed E-state index contributed by atoms with van der Waals surface area (Å²) in [4.78, 5) is 17.2. The van der Waals surface area contributed by atoms with Crippen molar-refractivity contribution in [1.82, 2.24) is 10.5 Å². The van der Waals surface area contributed by atoms with Crippen LogP contribution in [-0.4, -0.2) is 23.6 Å². The number of halogens is 2. The number of nitrogens with one attached hydrogen (secondary N) is 2. The van der Waals surface area contributed by atoms with E-state index in [9.17, 15) is 14.4 Å². The SMILES string of the molecule is COc1ccccc1NC(=O)NC1=CN(c2ccc(F)c(Br)c2)ON1O. The van der Waals surface area contributed by atoms with Gasteiger partial charge in [0.2, 0.25) is 0 Å². The van der Waals surface area contributed by atoms with E-state index in [1.807, 2.05) is 0 Å². The lowest BCUT2D eigenvalue weighted by atomic mass is 10.3. The van der Waals surface area contributed by atoms with Crippen LogP contribution in [0.15, 0.2) is 59.0 Å². The Kier molecular flexibility index (Phi) is 5.26. The summed E-state index contributed by atoms with van der Waals surface area (Å²) in [6.45, 7) is 0. The van der Waals surface area contributed by atoms with Gasteiger partial charge in [-0.15, -0.1) is 4.94 Å². The first-order valence-electron chi connectivity index (χ1n) is 7.32. The number of anilines is 2. The maximum absolute atomic E-state index is 13.3. The molecule has 0 saturated heterocycles. The first-order chi connectivity index (χ1) is 12.5. The summed E-state index contributed by atoms with van der Waals surface area (Å²) < 4.78 is 18.7. The van der Waals surface area contributed by atoms with Crippen LogP contribution in [0.3, 0.4) is 0 Å². The molecule has 26 heavy (non-hydrogen) atoms. The van der Waals surface area contributed by atoms with Crippen molar-refractivity contribution in [2.45, 2.75) is 0 Å². The fourth-order valence-corrected chi connectivity index (χ4v) is 2.52. The van der Waals surface area contributed by atoms with Crippen molar-refractivity contribution in [3.05, 3.63) is 64.8 Å². The van der Waals surface area contributed by atoms with Gasteiger partial charge < -0.3 is 10.1 Å². The minimum absolute atomic E-state index is 0.0437. The lowest BCUT2D eigenvalue weighted by Gasteiger charge is -2.16. The predicted molar refractivity (Wildman–Crippen MR) is 94.5 cm³/mol. The van der Waals surface area contributed by atoms with Gasteiger partial charge in [-0.05, 0) is 46.3 Å². The molecule has 0 aromatic heterocycles. The number of nitrogens with zero attached hydrogens (tertiary/aromatic N) is 2. The minimum atomic E-state index is -0.620. The first kappa shape index (κ1) is 18.0. The fraction of sp³-hybridized carbons (Fsp3) is 0.0625. The molecule has 0 bridgehead atoms. The van der Waals surface area contributed by atoms with Crippen molar-refractivity contribution >= 4 is 33.3 Å². The average Bonchev–Trinajstić information content (AvgIpc) is 2.98. The molecule has 10 heteroatoms. The van der Waals surface area contributed by atoms with Gasteiger partial charge in [0.05, 0.1) is 29.2 Å². The van der Waals surface area contributed by atoms with Crippen molar-refractivity contribution in [2.75, 3.05) is 17.5 Å².